The van der Waals surface area contributed by atoms with Crippen molar-refractivity contribution in [2.45, 2.75) is 45.3 Å². The standard InChI is InChI=1S/C18H27ClN2O2/c1-18(2,3)23-17(22)21-11-5-6-14(12-21)16(20-4)13-7-9-15(19)10-8-13/h7-10,14,16,20H,5-6,11-12H2,1-4H3. The Morgan fingerprint density at radius 3 is 2.57 bits per heavy atom. The van der Waals surface area contributed by atoms with Crippen LogP contribution in [0.2, 0.25) is 5.02 Å². The van der Waals surface area contributed by atoms with Gasteiger partial charge in [0.25, 0.3) is 0 Å². The number of hydrogen-bond donors (Lipinski definition) is 1. The lowest BCUT2D eigenvalue weighted by Gasteiger charge is -2.37. The Labute approximate surface area is 144 Å². The van der Waals surface area contributed by atoms with Gasteiger partial charge in [-0.25, -0.2) is 4.79 Å². The van der Waals surface area contributed by atoms with Crippen LogP contribution in [-0.2, 0) is 4.74 Å². The van der Waals surface area contributed by atoms with Gasteiger partial charge in [0.15, 0.2) is 0 Å². The van der Waals surface area contributed by atoms with Crippen molar-refractivity contribution in [2.24, 2.45) is 5.92 Å². The number of nitrogens with zero attached hydrogens (tertiary/aromatic N) is 1. The minimum absolute atomic E-state index is 0.206. The third-order valence-electron chi connectivity index (χ3n) is 4.12. The summed E-state index contributed by atoms with van der Waals surface area (Å²) in [4.78, 5) is 14.2. The fourth-order valence-corrected chi connectivity index (χ4v) is 3.25. The average molecular weight is 339 g/mol. The lowest BCUT2D eigenvalue weighted by atomic mass is 9.86. The van der Waals surface area contributed by atoms with E-state index in [9.17, 15) is 4.79 Å². The fraction of sp³-hybridized carbons (Fsp3) is 0.611. The van der Waals surface area contributed by atoms with E-state index in [4.69, 9.17) is 16.3 Å². The van der Waals surface area contributed by atoms with E-state index in [0.717, 1.165) is 24.4 Å². The highest BCUT2D eigenvalue weighted by atomic mass is 35.5. The van der Waals surface area contributed by atoms with Gasteiger partial charge in [-0.1, -0.05) is 23.7 Å². The molecule has 1 aromatic rings. The number of carbonyl (C=O) groups is 1. The highest BCUT2D eigenvalue weighted by Crippen LogP contribution is 2.30. The summed E-state index contributed by atoms with van der Waals surface area (Å²) in [6.45, 7) is 7.18. The minimum Gasteiger partial charge on any atom is -0.444 e. The third kappa shape index (κ3) is 5.11. The molecule has 1 aromatic carbocycles. The highest BCUT2D eigenvalue weighted by Gasteiger charge is 2.31. The topological polar surface area (TPSA) is 41.6 Å². The van der Waals surface area contributed by atoms with Gasteiger partial charge in [-0.05, 0) is 64.3 Å². The molecule has 2 unspecified atom stereocenters. The van der Waals surface area contributed by atoms with E-state index in [-0.39, 0.29) is 12.1 Å². The van der Waals surface area contributed by atoms with Crippen LogP contribution in [0, 0.1) is 5.92 Å². The second kappa shape index (κ2) is 7.54. The zero-order valence-electron chi connectivity index (χ0n) is 14.4. The van der Waals surface area contributed by atoms with Crippen molar-refractivity contribution in [3.8, 4) is 0 Å². The van der Waals surface area contributed by atoms with Crippen LogP contribution in [0.25, 0.3) is 0 Å². The molecule has 4 nitrogen and oxygen atoms in total. The molecule has 0 saturated carbocycles. The first-order valence-corrected chi connectivity index (χ1v) is 8.58. The first-order chi connectivity index (χ1) is 10.8. The smallest absolute Gasteiger partial charge is 0.410 e. The summed E-state index contributed by atoms with van der Waals surface area (Å²) in [6, 6.07) is 8.13. The number of halogens is 1. The van der Waals surface area contributed by atoms with E-state index in [1.807, 2.05) is 44.9 Å². The van der Waals surface area contributed by atoms with Crippen LogP contribution in [0.15, 0.2) is 24.3 Å². The molecule has 0 bridgehead atoms. The number of benzene rings is 1. The maximum Gasteiger partial charge on any atom is 0.410 e. The van der Waals surface area contributed by atoms with Gasteiger partial charge in [0, 0.05) is 24.2 Å². The van der Waals surface area contributed by atoms with E-state index >= 15 is 0 Å². The van der Waals surface area contributed by atoms with Crippen LogP contribution >= 0.6 is 11.6 Å². The third-order valence-corrected chi connectivity index (χ3v) is 4.37. The number of ether oxygens (including phenoxy) is 1. The Hall–Kier alpha value is -1.26. The molecule has 2 rings (SSSR count). The average Bonchev–Trinajstić information content (AvgIpc) is 2.48. The quantitative estimate of drug-likeness (QED) is 0.895. The zero-order valence-corrected chi connectivity index (χ0v) is 15.2. The van der Waals surface area contributed by atoms with Crippen molar-refractivity contribution >= 4 is 17.7 Å². The molecule has 1 N–H and O–H groups in total. The van der Waals surface area contributed by atoms with Gasteiger partial charge in [-0.2, -0.15) is 0 Å². The van der Waals surface area contributed by atoms with Crippen LogP contribution in [0.1, 0.15) is 45.2 Å². The number of nitrogens with one attached hydrogen (secondary N) is 1. The number of hydrogen-bond acceptors (Lipinski definition) is 3. The molecule has 1 aliphatic rings. The van der Waals surface area contributed by atoms with Crippen molar-refractivity contribution in [3.05, 3.63) is 34.9 Å². The summed E-state index contributed by atoms with van der Waals surface area (Å²) in [5.41, 5.74) is 0.746. The molecular formula is C18H27ClN2O2. The monoisotopic (exact) mass is 338 g/mol. The second-order valence-electron chi connectivity index (χ2n) is 7.15. The van der Waals surface area contributed by atoms with Crippen LogP contribution in [0.5, 0.6) is 0 Å². The van der Waals surface area contributed by atoms with E-state index in [1.165, 1.54) is 5.56 Å². The van der Waals surface area contributed by atoms with Gasteiger partial charge in [0.2, 0.25) is 0 Å². The van der Waals surface area contributed by atoms with Gasteiger partial charge in [0.05, 0.1) is 0 Å². The normalized spacial score (nSPS) is 20.2. The molecule has 1 aliphatic heterocycles. The number of rotatable bonds is 3. The molecule has 0 aliphatic carbocycles. The van der Waals surface area contributed by atoms with Crippen molar-refractivity contribution in [3.63, 3.8) is 0 Å². The lowest BCUT2D eigenvalue weighted by Crippen LogP contribution is -2.45. The Bertz CT molecular complexity index is 525. The second-order valence-corrected chi connectivity index (χ2v) is 7.58. The van der Waals surface area contributed by atoms with Gasteiger partial charge in [0.1, 0.15) is 5.60 Å². The predicted octanol–water partition coefficient (Wildman–Crippen LogP) is 4.25. The van der Waals surface area contributed by atoms with Crippen molar-refractivity contribution in [1.82, 2.24) is 10.2 Å². The summed E-state index contributed by atoms with van der Waals surface area (Å²) >= 11 is 5.98. The van der Waals surface area contributed by atoms with Gasteiger partial charge in [-0.3, -0.25) is 0 Å². The van der Waals surface area contributed by atoms with E-state index in [1.54, 1.807) is 0 Å². The number of carbonyl (C=O) groups excluding carboxylic acids is 1. The Morgan fingerprint density at radius 2 is 2.00 bits per heavy atom. The number of likely N-dealkylation sites (tertiary alicyclic amines) is 1. The van der Waals surface area contributed by atoms with Gasteiger partial charge < -0.3 is 15.0 Å². The first kappa shape index (κ1) is 18.1. The van der Waals surface area contributed by atoms with E-state index in [0.29, 0.717) is 12.5 Å². The maximum atomic E-state index is 12.3. The van der Waals surface area contributed by atoms with Crippen LogP contribution < -0.4 is 5.32 Å². The largest absolute Gasteiger partial charge is 0.444 e. The minimum atomic E-state index is -0.456. The van der Waals surface area contributed by atoms with Gasteiger partial charge in [-0.15, -0.1) is 0 Å². The van der Waals surface area contributed by atoms with Crippen molar-refractivity contribution in [1.29, 1.82) is 0 Å². The number of piperidine rings is 1. The summed E-state index contributed by atoms with van der Waals surface area (Å²) in [5, 5.41) is 4.13. The molecular weight excluding hydrogens is 312 g/mol. The summed E-state index contributed by atoms with van der Waals surface area (Å²) < 4.78 is 5.51. The van der Waals surface area contributed by atoms with E-state index < -0.39 is 5.60 Å². The van der Waals surface area contributed by atoms with Crippen molar-refractivity contribution in [2.75, 3.05) is 20.1 Å². The molecule has 1 saturated heterocycles. The molecule has 128 valence electrons. The molecule has 1 fully saturated rings. The Balaban J connectivity index is 2.06. The zero-order chi connectivity index (χ0) is 17.0. The SMILES string of the molecule is CNC(c1ccc(Cl)cc1)C1CCCN(C(=O)OC(C)(C)C)C1. The maximum absolute atomic E-state index is 12.3. The molecule has 23 heavy (non-hydrogen) atoms. The lowest BCUT2D eigenvalue weighted by molar-refractivity contribution is 0.0145. The molecule has 2 atom stereocenters. The van der Waals surface area contributed by atoms with Crippen molar-refractivity contribution < 1.29 is 9.53 Å². The molecule has 5 heteroatoms. The summed E-state index contributed by atoms with van der Waals surface area (Å²) in [6.07, 6.45) is 1.87. The Morgan fingerprint density at radius 1 is 1.35 bits per heavy atom. The Kier molecular flexibility index (Phi) is 5.93. The molecule has 1 heterocycles. The molecule has 0 spiro atoms. The summed E-state index contributed by atoms with van der Waals surface area (Å²) in [5.74, 6) is 0.363. The molecule has 0 aromatic heterocycles. The highest BCUT2D eigenvalue weighted by molar-refractivity contribution is 6.30. The molecule has 1 amide bonds. The summed E-state index contributed by atoms with van der Waals surface area (Å²) in [7, 11) is 1.96. The molecule has 0 radical (unpaired) electrons. The van der Waals surface area contributed by atoms with Crippen LogP contribution in [0.3, 0.4) is 0 Å². The van der Waals surface area contributed by atoms with Gasteiger partial charge >= 0.3 is 6.09 Å². The fourth-order valence-electron chi connectivity index (χ4n) is 3.12. The van der Waals surface area contributed by atoms with Crippen LogP contribution in [0.4, 0.5) is 4.79 Å². The van der Waals surface area contributed by atoms with Crippen LogP contribution in [-0.4, -0.2) is 36.7 Å². The number of amides is 1. The first-order valence-electron chi connectivity index (χ1n) is 8.21. The van der Waals surface area contributed by atoms with E-state index in [2.05, 4.69) is 17.4 Å². The predicted molar refractivity (Wildman–Crippen MR) is 93.8 cm³/mol.